The van der Waals surface area contributed by atoms with Gasteiger partial charge in [0, 0.05) is 44.9 Å². The van der Waals surface area contributed by atoms with Crippen molar-refractivity contribution in [3.63, 3.8) is 0 Å². The van der Waals surface area contributed by atoms with Gasteiger partial charge in [-0.15, -0.1) is 0 Å². The molecule has 1 aromatic rings. The number of carbonyl (C=O) groups excluding carboxylic acids is 1. The molecule has 2 heterocycles. The number of aryl methyl sites for hydroxylation is 1. The maximum absolute atomic E-state index is 11.6. The van der Waals surface area contributed by atoms with Crippen LogP contribution in [-0.4, -0.2) is 40.2 Å². The minimum atomic E-state index is 0.220. The lowest BCUT2D eigenvalue weighted by Crippen LogP contribution is -2.48. The highest BCUT2D eigenvalue weighted by Crippen LogP contribution is 2.16. The second-order valence-electron chi connectivity index (χ2n) is 4.15. The highest BCUT2D eigenvalue weighted by Gasteiger charge is 2.23. The number of piperazine rings is 1. The van der Waals surface area contributed by atoms with Crippen molar-refractivity contribution < 1.29 is 4.79 Å². The minimum absolute atomic E-state index is 0.220. The standard InChI is InChI=1S/C11H18N4O/c1-3-11(16)15-5-4-12-10(8-15)9-6-13-14(2)7-9/h6-7,10,12H,3-5,8H2,1-2H3. The van der Waals surface area contributed by atoms with E-state index in [1.54, 1.807) is 4.68 Å². The molecule has 1 unspecified atom stereocenters. The van der Waals surface area contributed by atoms with Crippen LogP contribution in [0.25, 0.3) is 0 Å². The Hall–Kier alpha value is -1.36. The Morgan fingerprint density at radius 3 is 3.12 bits per heavy atom. The zero-order valence-corrected chi connectivity index (χ0v) is 9.81. The van der Waals surface area contributed by atoms with E-state index in [1.807, 2.05) is 31.3 Å². The summed E-state index contributed by atoms with van der Waals surface area (Å²) in [4.78, 5) is 13.6. The van der Waals surface area contributed by atoms with Crippen molar-refractivity contribution in [3.8, 4) is 0 Å². The molecule has 1 atom stereocenters. The quantitative estimate of drug-likeness (QED) is 0.783. The van der Waals surface area contributed by atoms with Crippen LogP contribution in [0.3, 0.4) is 0 Å². The third kappa shape index (κ3) is 2.24. The van der Waals surface area contributed by atoms with Gasteiger partial charge in [-0.2, -0.15) is 5.10 Å². The van der Waals surface area contributed by atoms with E-state index in [0.717, 1.165) is 25.2 Å². The number of hydrogen-bond acceptors (Lipinski definition) is 3. The van der Waals surface area contributed by atoms with Gasteiger partial charge in [0.25, 0.3) is 0 Å². The van der Waals surface area contributed by atoms with Gasteiger partial charge in [0.2, 0.25) is 5.91 Å². The molecule has 0 bridgehead atoms. The minimum Gasteiger partial charge on any atom is -0.340 e. The second kappa shape index (κ2) is 4.65. The Bertz CT molecular complexity index is 374. The summed E-state index contributed by atoms with van der Waals surface area (Å²) in [7, 11) is 1.90. The molecule has 1 N–H and O–H groups in total. The normalized spacial score (nSPS) is 21.1. The molecule has 1 amide bonds. The van der Waals surface area contributed by atoms with Crippen molar-refractivity contribution in [1.82, 2.24) is 20.0 Å². The van der Waals surface area contributed by atoms with Crippen LogP contribution >= 0.6 is 0 Å². The van der Waals surface area contributed by atoms with Crippen molar-refractivity contribution in [2.45, 2.75) is 19.4 Å². The predicted molar refractivity (Wildman–Crippen MR) is 60.8 cm³/mol. The summed E-state index contributed by atoms with van der Waals surface area (Å²) in [5.41, 5.74) is 1.15. The monoisotopic (exact) mass is 222 g/mol. The van der Waals surface area contributed by atoms with E-state index < -0.39 is 0 Å². The Balaban J connectivity index is 2.04. The molecule has 88 valence electrons. The molecule has 0 aliphatic carbocycles. The fourth-order valence-electron chi connectivity index (χ4n) is 2.04. The van der Waals surface area contributed by atoms with E-state index in [4.69, 9.17) is 0 Å². The molecule has 0 spiro atoms. The Kier molecular flexibility index (Phi) is 3.24. The van der Waals surface area contributed by atoms with Crippen molar-refractivity contribution in [2.24, 2.45) is 7.05 Å². The summed E-state index contributed by atoms with van der Waals surface area (Å²) >= 11 is 0. The Morgan fingerprint density at radius 2 is 2.50 bits per heavy atom. The summed E-state index contributed by atoms with van der Waals surface area (Å²) in [6.45, 7) is 4.32. The smallest absolute Gasteiger partial charge is 0.222 e. The molecule has 1 aliphatic rings. The third-order valence-electron chi connectivity index (χ3n) is 2.96. The first-order chi connectivity index (χ1) is 7.70. The van der Waals surface area contributed by atoms with Crippen LogP contribution in [0.4, 0.5) is 0 Å². The number of aromatic nitrogens is 2. The highest BCUT2D eigenvalue weighted by molar-refractivity contribution is 5.76. The van der Waals surface area contributed by atoms with Crippen LogP contribution in [0.1, 0.15) is 24.9 Å². The SMILES string of the molecule is CCC(=O)N1CCNC(c2cnn(C)c2)C1. The zero-order chi connectivity index (χ0) is 11.5. The summed E-state index contributed by atoms with van der Waals surface area (Å²) < 4.78 is 1.79. The summed E-state index contributed by atoms with van der Waals surface area (Å²) in [6.07, 6.45) is 4.44. The van der Waals surface area contributed by atoms with E-state index in [1.165, 1.54) is 0 Å². The van der Waals surface area contributed by atoms with E-state index in [-0.39, 0.29) is 11.9 Å². The number of nitrogens with one attached hydrogen (secondary N) is 1. The molecule has 1 saturated heterocycles. The molecule has 1 aromatic heterocycles. The van der Waals surface area contributed by atoms with Crippen molar-refractivity contribution in [1.29, 1.82) is 0 Å². The molecule has 1 aliphatic heterocycles. The Morgan fingerprint density at radius 1 is 1.69 bits per heavy atom. The average molecular weight is 222 g/mol. The van der Waals surface area contributed by atoms with Crippen LogP contribution in [-0.2, 0) is 11.8 Å². The summed E-state index contributed by atoms with van der Waals surface area (Å²) in [6, 6.07) is 0.220. The molecule has 2 rings (SSSR count). The lowest BCUT2D eigenvalue weighted by atomic mass is 10.1. The van der Waals surface area contributed by atoms with E-state index in [0.29, 0.717) is 6.42 Å². The summed E-state index contributed by atoms with van der Waals surface area (Å²) in [5.74, 6) is 0.232. The van der Waals surface area contributed by atoms with Crippen molar-refractivity contribution in [2.75, 3.05) is 19.6 Å². The van der Waals surface area contributed by atoms with Crippen LogP contribution in [0.5, 0.6) is 0 Å². The van der Waals surface area contributed by atoms with E-state index in [9.17, 15) is 4.79 Å². The zero-order valence-electron chi connectivity index (χ0n) is 9.81. The lowest BCUT2D eigenvalue weighted by molar-refractivity contribution is -0.132. The molecular formula is C11H18N4O. The summed E-state index contributed by atoms with van der Waals surface area (Å²) in [5, 5.41) is 7.57. The fourth-order valence-corrected chi connectivity index (χ4v) is 2.04. The first-order valence-corrected chi connectivity index (χ1v) is 5.70. The average Bonchev–Trinajstić information content (AvgIpc) is 2.75. The van der Waals surface area contributed by atoms with Gasteiger partial charge in [-0.25, -0.2) is 0 Å². The van der Waals surface area contributed by atoms with E-state index in [2.05, 4.69) is 10.4 Å². The Labute approximate surface area is 95.4 Å². The molecule has 0 saturated carbocycles. The van der Waals surface area contributed by atoms with Gasteiger partial charge in [-0.05, 0) is 0 Å². The van der Waals surface area contributed by atoms with Gasteiger partial charge in [-0.3, -0.25) is 9.48 Å². The molecule has 0 radical (unpaired) electrons. The molecule has 16 heavy (non-hydrogen) atoms. The van der Waals surface area contributed by atoms with Gasteiger partial charge in [0.05, 0.1) is 12.2 Å². The molecule has 1 fully saturated rings. The van der Waals surface area contributed by atoms with Crippen LogP contribution in [0.15, 0.2) is 12.4 Å². The number of amides is 1. The number of carbonyl (C=O) groups is 1. The van der Waals surface area contributed by atoms with Gasteiger partial charge >= 0.3 is 0 Å². The maximum atomic E-state index is 11.6. The third-order valence-corrected chi connectivity index (χ3v) is 2.96. The fraction of sp³-hybridized carbons (Fsp3) is 0.636. The van der Waals surface area contributed by atoms with Crippen LogP contribution < -0.4 is 5.32 Å². The van der Waals surface area contributed by atoms with Crippen LogP contribution in [0.2, 0.25) is 0 Å². The van der Waals surface area contributed by atoms with Crippen molar-refractivity contribution in [3.05, 3.63) is 18.0 Å². The number of hydrogen-bond donors (Lipinski definition) is 1. The molecular weight excluding hydrogens is 204 g/mol. The first-order valence-electron chi connectivity index (χ1n) is 5.70. The largest absolute Gasteiger partial charge is 0.340 e. The maximum Gasteiger partial charge on any atom is 0.222 e. The van der Waals surface area contributed by atoms with Gasteiger partial charge in [-0.1, -0.05) is 6.92 Å². The topological polar surface area (TPSA) is 50.2 Å². The number of rotatable bonds is 2. The van der Waals surface area contributed by atoms with Gasteiger partial charge in [0.15, 0.2) is 0 Å². The second-order valence-corrected chi connectivity index (χ2v) is 4.15. The van der Waals surface area contributed by atoms with Crippen molar-refractivity contribution >= 4 is 5.91 Å². The molecule has 5 heteroatoms. The molecule has 0 aromatic carbocycles. The van der Waals surface area contributed by atoms with E-state index >= 15 is 0 Å². The van der Waals surface area contributed by atoms with Gasteiger partial charge in [0.1, 0.15) is 0 Å². The van der Waals surface area contributed by atoms with Gasteiger partial charge < -0.3 is 10.2 Å². The predicted octanol–water partition coefficient (Wildman–Crippen LogP) is 0.303. The molecule has 5 nitrogen and oxygen atoms in total. The van der Waals surface area contributed by atoms with Crippen LogP contribution in [0, 0.1) is 0 Å². The first kappa shape index (κ1) is 11.1. The highest BCUT2D eigenvalue weighted by atomic mass is 16.2. The lowest BCUT2D eigenvalue weighted by Gasteiger charge is -2.33. The number of nitrogens with zero attached hydrogens (tertiary/aromatic N) is 3.